The molecular weight excluding hydrogens is 296 g/mol. The Labute approximate surface area is 125 Å². The van der Waals surface area contributed by atoms with Gasteiger partial charge in [0, 0.05) is 13.2 Å². The largest absolute Gasteiger partial charge is 0.378 e. The standard InChI is InChI=1S/C12H18N4O4S/c17-9(6-21-11-13-10(18)14-15-11)16-3-5-20-12(7-16)2-1-4-19-8-12/h1-8H2,(H2,13,14,15,18). The Morgan fingerprint density at radius 2 is 2.38 bits per heavy atom. The van der Waals surface area contributed by atoms with Crippen molar-refractivity contribution in [1.29, 1.82) is 0 Å². The summed E-state index contributed by atoms with van der Waals surface area (Å²) >= 11 is 1.22. The second-order valence-electron chi connectivity index (χ2n) is 5.27. The van der Waals surface area contributed by atoms with Gasteiger partial charge in [0.2, 0.25) is 5.91 Å². The SMILES string of the molecule is O=C(CSc1n[nH]c(=O)[nH]1)N1CCOC2(CCCOC2)C1. The van der Waals surface area contributed by atoms with Crippen LogP contribution in [-0.4, -0.2) is 70.3 Å². The van der Waals surface area contributed by atoms with Gasteiger partial charge in [-0.25, -0.2) is 9.89 Å². The van der Waals surface area contributed by atoms with Crippen molar-refractivity contribution in [1.82, 2.24) is 20.1 Å². The molecule has 2 N–H and O–H groups in total. The van der Waals surface area contributed by atoms with Crippen LogP contribution in [0.1, 0.15) is 12.8 Å². The van der Waals surface area contributed by atoms with Gasteiger partial charge in [-0.1, -0.05) is 11.8 Å². The number of morpholine rings is 1. The summed E-state index contributed by atoms with van der Waals surface area (Å²) in [5.41, 5.74) is -0.702. The summed E-state index contributed by atoms with van der Waals surface area (Å²) in [5.74, 6) is 0.273. The zero-order valence-electron chi connectivity index (χ0n) is 11.6. The number of aromatic amines is 2. The second kappa shape index (κ2) is 6.20. The highest BCUT2D eigenvalue weighted by atomic mass is 32.2. The average Bonchev–Trinajstić information content (AvgIpc) is 2.91. The smallest absolute Gasteiger partial charge is 0.341 e. The number of nitrogens with zero attached hydrogens (tertiary/aromatic N) is 2. The highest BCUT2D eigenvalue weighted by molar-refractivity contribution is 7.99. The molecule has 0 aromatic carbocycles. The number of thioether (sulfide) groups is 1. The van der Waals surface area contributed by atoms with Crippen molar-refractivity contribution in [2.75, 3.05) is 38.7 Å². The van der Waals surface area contributed by atoms with Crippen LogP contribution in [0.15, 0.2) is 9.95 Å². The van der Waals surface area contributed by atoms with Crippen molar-refractivity contribution in [3.05, 3.63) is 10.5 Å². The maximum Gasteiger partial charge on any atom is 0.341 e. The van der Waals surface area contributed by atoms with Crippen LogP contribution in [-0.2, 0) is 14.3 Å². The van der Waals surface area contributed by atoms with Gasteiger partial charge in [0.05, 0.1) is 25.5 Å². The minimum Gasteiger partial charge on any atom is -0.378 e. The van der Waals surface area contributed by atoms with Crippen molar-refractivity contribution in [2.45, 2.75) is 23.6 Å². The first-order valence-corrected chi connectivity index (χ1v) is 7.92. The number of H-pyrrole nitrogens is 2. The number of amides is 1. The molecule has 0 radical (unpaired) electrons. The fourth-order valence-corrected chi connectivity index (χ4v) is 3.39. The number of aromatic nitrogens is 3. The molecule has 1 unspecified atom stereocenters. The molecule has 2 aliphatic heterocycles. The van der Waals surface area contributed by atoms with E-state index in [-0.39, 0.29) is 23.0 Å². The van der Waals surface area contributed by atoms with Crippen LogP contribution in [0.2, 0.25) is 0 Å². The van der Waals surface area contributed by atoms with E-state index in [0.29, 0.717) is 31.5 Å². The highest BCUT2D eigenvalue weighted by Crippen LogP contribution is 2.28. The van der Waals surface area contributed by atoms with Gasteiger partial charge in [-0.3, -0.25) is 9.78 Å². The fraction of sp³-hybridized carbons (Fsp3) is 0.750. The molecule has 0 bridgehead atoms. The lowest BCUT2D eigenvalue weighted by atomic mass is 9.94. The Balaban J connectivity index is 1.55. The topological polar surface area (TPSA) is 100 Å². The van der Waals surface area contributed by atoms with Crippen LogP contribution in [0.4, 0.5) is 0 Å². The first-order chi connectivity index (χ1) is 10.2. The quantitative estimate of drug-likeness (QED) is 0.736. The molecule has 0 saturated carbocycles. The van der Waals surface area contributed by atoms with Gasteiger partial charge in [0.1, 0.15) is 5.60 Å². The summed E-state index contributed by atoms with van der Waals surface area (Å²) in [6, 6.07) is 0. The molecule has 21 heavy (non-hydrogen) atoms. The number of nitrogens with one attached hydrogen (secondary N) is 2. The van der Waals surface area contributed by atoms with E-state index in [1.54, 1.807) is 0 Å². The second-order valence-corrected chi connectivity index (χ2v) is 6.24. The molecule has 0 aliphatic carbocycles. The summed E-state index contributed by atoms with van der Waals surface area (Å²) in [6.45, 7) is 3.03. The third kappa shape index (κ3) is 3.47. The van der Waals surface area contributed by atoms with E-state index in [2.05, 4.69) is 15.2 Å². The van der Waals surface area contributed by atoms with Crippen molar-refractivity contribution < 1.29 is 14.3 Å². The van der Waals surface area contributed by atoms with Gasteiger partial charge in [-0.2, -0.15) is 0 Å². The van der Waals surface area contributed by atoms with Gasteiger partial charge in [0.25, 0.3) is 0 Å². The van der Waals surface area contributed by atoms with E-state index in [9.17, 15) is 9.59 Å². The van der Waals surface area contributed by atoms with Crippen molar-refractivity contribution in [2.24, 2.45) is 0 Å². The maximum atomic E-state index is 12.3. The third-order valence-electron chi connectivity index (χ3n) is 3.70. The number of hydrogen-bond donors (Lipinski definition) is 2. The van der Waals surface area contributed by atoms with E-state index >= 15 is 0 Å². The number of hydrogen-bond acceptors (Lipinski definition) is 6. The third-order valence-corrected chi connectivity index (χ3v) is 4.56. The Kier molecular flexibility index (Phi) is 4.32. The van der Waals surface area contributed by atoms with Crippen molar-refractivity contribution >= 4 is 17.7 Å². The van der Waals surface area contributed by atoms with Gasteiger partial charge in [-0.15, -0.1) is 5.10 Å². The summed E-state index contributed by atoms with van der Waals surface area (Å²) in [6.07, 6.45) is 1.89. The molecule has 3 heterocycles. The molecule has 2 fully saturated rings. The lowest BCUT2D eigenvalue weighted by Gasteiger charge is -2.44. The predicted molar refractivity (Wildman–Crippen MR) is 75.2 cm³/mol. The van der Waals surface area contributed by atoms with Crippen LogP contribution in [0.25, 0.3) is 0 Å². The highest BCUT2D eigenvalue weighted by Gasteiger charge is 2.39. The van der Waals surface area contributed by atoms with Gasteiger partial charge >= 0.3 is 5.69 Å². The van der Waals surface area contributed by atoms with E-state index < -0.39 is 0 Å². The number of carbonyl (C=O) groups excluding carboxylic acids is 1. The zero-order chi connectivity index (χ0) is 14.7. The molecule has 1 spiro atoms. The van der Waals surface area contributed by atoms with Gasteiger partial charge in [-0.05, 0) is 12.8 Å². The van der Waals surface area contributed by atoms with Crippen molar-refractivity contribution in [3.63, 3.8) is 0 Å². The Bertz CT molecular complexity index is 546. The lowest BCUT2D eigenvalue weighted by molar-refractivity contribution is -0.175. The monoisotopic (exact) mass is 314 g/mol. The maximum absolute atomic E-state index is 12.3. The summed E-state index contributed by atoms with van der Waals surface area (Å²) < 4.78 is 11.4. The minimum absolute atomic E-state index is 0.0251. The number of rotatable bonds is 3. The van der Waals surface area contributed by atoms with E-state index in [1.807, 2.05) is 4.90 Å². The molecule has 3 rings (SSSR count). The summed E-state index contributed by atoms with van der Waals surface area (Å²) in [5, 5.41) is 6.47. The van der Waals surface area contributed by atoms with Crippen LogP contribution in [0.3, 0.4) is 0 Å². The number of carbonyl (C=O) groups is 1. The predicted octanol–water partition coefficient (Wildman–Crippen LogP) is -0.402. The van der Waals surface area contributed by atoms with E-state index in [4.69, 9.17) is 9.47 Å². The normalized spacial score (nSPS) is 26.2. The molecule has 8 nitrogen and oxygen atoms in total. The Morgan fingerprint density at radius 3 is 3.10 bits per heavy atom. The first kappa shape index (κ1) is 14.6. The number of ether oxygens (including phenoxy) is 2. The van der Waals surface area contributed by atoms with E-state index in [1.165, 1.54) is 11.8 Å². The first-order valence-electron chi connectivity index (χ1n) is 6.94. The molecule has 1 aromatic heterocycles. The van der Waals surface area contributed by atoms with Crippen LogP contribution in [0, 0.1) is 0 Å². The van der Waals surface area contributed by atoms with E-state index in [0.717, 1.165) is 19.4 Å². The molecule has 1 amide bonds. The summed E-state index contributed by atoms with van der Waals surface area (Å²) in [4.78, 5) is 27.5. The Morgan fingerprint density at radius 1 is 1.48 bits per heavy atom. The van der Waals surface area contributed by atoms with Crippen LogP contribution < -0.4 is 5.69 Å². The molecule has 1 atom stereocenters. The molecule has 116 valence electrons. The molecule has 1 aromatic rings. The fourth-order valence-electron chi connectivity index (χ4n) is 2.67. The lowest BCUT2D eigenvalue weighted by Crippen LogP contribution is -2.57. The molecule has 2 aliphatic rings. The molecular formula is C12H18N4O4S. The zero-order valence-corrected chi connectivity index (χ0v) is 12.4. The van der Waals surface area contributed by atoms with Gasteiger partial charge < -0.3 is 14.4 Å². The Hall–Kier alpha value is -1.32. The molecule has 9 heteroatoms. The molecule has 2 saturated heterocycles. The van der Waals surface area contributed by atoms with Crippen LogP contribution in [0.5, 0.6) is 0 Å². The van der Waals surface area contributed by atoms with Crippen LogP contribution >= 0.6 is 11.8 Å². The minimum atomic E-state index is -0.366. The summed E-state index contributed by atoms with van der Waals surface area (Å²) in [7, 11) is 0. The average molecular weight is 314 g/mol. The van der Waals surface area contributed by atoms with Gasteiger partial charge in [0.15, 0.2) is 5.16 Å². The van der Waals surface area contributed by atoms with Crippen molar-refractivity contribution in [3.8, 4) is 0 Å².